The molecule has 7 rings (SSSR count). The monoisotopic (exact) mass is 721 g/mol. The molecule has 2 aliphatic rings. The third-order valence-electron chi connectivity index (χ3n) is 8.09. The second-order valence-corrected chi connectivity index (χ2v) is 12.0. The van der Waals surface area contributed by atoms with Gasteiger partial charge in [0.15, 0.2) is 0 Å². The Hall–Kier alpha value is -2.97. The Kier molecular flexibility index (Phi) is 8.76. The Morgan fingerprint density at radius 2 is 1.07 bits per heavy atom. The summed E-state index contributed by atoms with van der Waals surface area (Å²) < 4.78 is 1.56. The number of benzene rings is 5. The summed E-state index contributed by atoms with van der Waals surface area (Å²) >= 11 is 1.00. The van der Waals surface area contributed by atoms with Crippen LogP contribution in [-0.4, -0.2) is 0 Å². The van der Waals surface area contributed by atoms with E-state index in [4.69, 9.17) is 0 Å². The van der Waals surface area contributed by atoms with Gasteiger partial charge in [-0.1, -0.05) is 0 Å². The fourth-order valence-electron chi connectivity index (χ4n) is 6.44. The van der Waals surface area contributed by atoms with Crippen LogP contribution in [0.1, 0.15) is 56.3 Å². The SMILES string of the molecule is [Cl-].[Cl-].[Hf+2][C]1=C(c2ccccc2)C(Cc2ccccc2)c2cccc(C3C(c4ccccc4)=Cc4ccccc43)c21. The van der Waals surface area contributed by atoms with Gasteiger partial charge in [-0.2, -0.15) is 0 Å². The van der Waals surface area contributed by atoms with Crippen LogP contribution in [0, 0.1) is 0 Å². The summed E-state index contributed by atoms with van der Waals surface area (Å²) in [6.07, 6.45) is 3.44. The molecule has 0 spiro atoms. The van der Waals surface area contributed by atoms with Crippen LogP contribution in [0.25, 0.3) is 20.6 Å². The standard InChI is InChI=1S/C37H27.2ClH.Hf/c1-4-13-26(14-5-1)23-35-31-21-12-22-32(36(31)25-33(35)27-15-6-2-7-16-27)37-30-20-11-10-19-29(30)24-34(37)28-17-8-3-9-18-28;;;/h1-22,24,35,37H,23H2;2*1H;/q;;;+2/p-2. The number of halogens is 2. The molecular formula is C37H27Cl2Hf. The van der Waals surface area contributed by atoms with Crippen molar-refractivity contribution in [2.75, 3.05) is 0 Å². The van der Waals surface area contributed by atoms with E-state index in [0.717, 1.165) is 30.8 Å². The second kappa shape index (κ2) is 12.3. The molecule has 0 saturated heterocycles. The van der Waals surface area contributed by atoms with E-state index in [1.165, 1.54) is 55.7 Å². The zero-order valence-electron chi connectivity index (χ0n) is 21.9. The van der Waals surface area contributed by atoms with Gasteiger partial charge in [0.05, 0.1) is 0 Å². The van der Waals surface area contributed by atoms with E-state index in [1.807, 2.05) is 0 Å². The predicted octanol–water partition coefficient (Wildman–Crippen LogP) is 3.14. The van der Waals surface area contributed by atoms with Gasteiger partial charge in [-0.3, -0.25) is 0 Å². The first kappa shape index (κ1) is 28.6. The van der Waals surface area contributed by atoms with Crippen molar-refractivity contribution in [3.8, 4) is 0 Å². The van der Waals surface area contributed by atoms with E-state index >= 15 is 0 Å². The van der Waals surface area contributed by atoms with Crippen LogP contribution >= 0.6 is 0 Å². The molecule has 5 aromatic carbocycles. The summed E-state index contributed by atoms with van der Waals surface area (Å²) in [5.74, 6) is 0.600. The van der Waals surface area contributed by atoms with Crippen LogP contribution in [0.4, 0.5) is 0 Å². The number of hydrogen-bond donors (Lipinski definition) is 0. The number of rotatable bonds is 5. The van der Waals surface area contributed by atoms with Gasteiger partial charge in [0.1, 0.15) is 0 Å². The van der Waals surface area contributed by atoms with Gasteiger partial charge in [0, 0.05) is 0 Å². The van der Waals surface area contributed by atoms with Crippen molar-refractivity contribution in [3.63, 3.8) is 0 Å². The normalized spacial score (nSPS) is 16.9. The third-order valence-corrected chi connectivity index (χ3v) is 9.95. The van der Waals surface area contributed by atoms with Gasteiger partial charge in [-0.15, -0.1) is 0 Å². The molecule has 0 fully saturated rings. The first-order valence-electron chi connectivity index (χ1n) is 13.3. The maximum atomic E-state index is 2.42. The van der Waals surface area contributed by atoms with Crippen molar-refractivity contribution in [3.05, 3.63) is 178 Å². The summed E-state index contributed by atoms with van der Waals surface area (Å²) in [5, 5.41) is 0. The Bertz CT molecular complexity index is 1690. The topological polar surface area (TPSA) is 0 Å². The minimum absolute atomic E-state index is 0. The predicted molar refractivity (Wildman–Crippen MR) is 155 cm³/mol. The molecule has 193 valence electrons. The van der Waals surface area contributed by atoms with E-state index in [1.54, 1.807) is 3.33 Å². The van der Waals surface area contributed by atoms with Crippen LogP contribution in [0.5, 0.6) is 0 Å². The molecule has 0 radical (unpaired) electrons. The van der Waals surface area contributed by atoms with Crippen LogP contribution in [0.3, 0.4) is 0 Å². The Balaban J connectivity index is 0.00000161. The van der Waals surface area contributed by atoms with Crippen molar-refractivity contribution in [1.29, 1.82) is 0 Å². The van der Waals surface area contributed by atoms with Crippen molar-refractivity contribution < 1.29 is 49.2 Å². The van der Waals surface area contributed by atoms with Crippen molar-refractivity contribution in [2.24, 2.45) is 0 Å². The van der Waals surface area contributed by atoms with Crippen molar-refractivity contribution >= 4 is 20.6 Å². The van der Waals surface area contributed by atoms with E-state index in [0.29, 0.717) is 5.92 Å². The fourth-order valence-corrected chi connectivity index (χ4v) is 8.62. The molecule has 0 nitrogen and oxygen atoms in total. The zero-order chi connectivity index (χ0) is 25.5. The molecule has 5 aromatic rings. The Labute approximate surface area is 264 Å². The Morgan fingerprint density at radius 1 is 0.525 bits per heavy atom. The van der Waals surface area contributed by atoms with E-state index in [9.17, 15) is 0 Å². The van der Waals surface area contributed by atoms with Gasteiger partial charge >= 0.3 is 241 Å². The summed E-state index contributed by atoms with van der Waals surface area (Å²) in [6, 6.07) is 49.1. The van der Waals surface area contributed by atoms with Crippen LogP contribution < -0.4 is 24.8 Å². The van der Waals surface area contributed by atoms with Gasteiger partial charge in [-0.25, -0.2) is 0 Å². The van der Waals surface area contributed by atoms with Gasteiger partial charge in [-0.05, 0) is 0 Å². The van der Waals surface area contributed by atoms with E-state index < -0.39 is 0 Å². The summed E-state index contributed by atoms with van der Waals surface area (Å²) in [7, 11) is 0. The maximum absolute atomic E-state index is 2.42. The number of hydrogen-bond acceptors (Lipinski definition) is 0. The molecule has 0 N–H and O–H groups in total. The molecular weight excluding hydrogens is 694 g/mol. The first-order chi connectivity index (χ1) is 18.8. The molecule has 0 aromatic heterocycles. The van der Waals surface area contributed by atoms with Crippen LogP contribution in [-0.2, 0) is 30.8 Å². The second-order valence-electron chi connectivity index (χ2n) is 10.2. The number of allylic oxidation sites excluding steroid dienone is 2. The summed E-state index contributed by atoms with van der Waals surface area (Å²) in [4.78, 5) is 0. The minimum atomic E-state index is 0. The summed E-state index contributed by atoms with van der Waals surface area (Å²) in [6.45, 7) is 0. The van der Waals surface area contributed by atoms with Crippen LogP contribution in [0.2, 0.25) is 0 Å². The van der Waals surface area contributed by atoms with Gasteiger partial charge < -0.3 is 24.8 Å². The molecule has 2 aliphatic carbocycles. The van der Waals surface area contributed by atoms with Crippen LogP contribution in [0.15, 0.2) is 133 Å². The molecule has 2 atom stereocenters. The first-order valence-corrected chi connectivity index (χ1v) is 15.1. The molecule has 0 aliphatic heterocycles. The average Bonchev–Trinajstić information content (AvgIpc) is 3.50. The molecule has 2 unspecified atom stereocenters. The van der Waals surface area contributed by atoms with E-state index in [2.05, 4.69) is 140 Å². The molecule has 0 amide bonds. The zero-order valence-corrected chi connectivity index (χ0v) is 27.0. The molecule has 3 heteroatoms. The molecule has 0 bridgehead atoms. The Morgan fingerprint density at radius 3 is 1.77 bits per heavy atom. The molecule has 40 heavy (non-hydrogen) atoms. The van der Waals surface area contributed by atoms with Crippen molar-refractivity contribution in [2.45, 2.75) is 18.3 Å². The molecule has 0 saturated carbocycles. The van der Waals surface area contributed by atoms with Gasteiger partial charge in [0.25, 0.3) is 0 Å². The summed E-state index contributed by atoms with van der Waals surface area (Å²) in [5.41, 5.74) is 14.2. The third kappa shape index (κ3) is 5.00. The van der Waals surface area contributed by atoms with Gasteiger partial charge in [0.2, 0.25) is 0 Å². The fraction of sp³-hybridized carbons (Fsp3) is 0.0811. The van der Waals surface area contributed by atoms with E-state index in [-0.39, 0.29) is 30.7 Å². The number of fused-ring (bicyclic) bond motifs is 2. The van der Waals surface area contributed by atoms with Crippen molar-refractivity contribution in [1.82, 2.24) is 0 Å². The quantitative estimate of drug-likeness (QED) is 0.245. The average molecular weight is 721 g/mol. The molecule has 0 heterocycles.